The molecule has 142 valence electrons. The molecule has 1 aromatic carbocycles. The lowest BCUT2D eigenvalue weighted by atomic mass is 10.1. The van der Waals surface area contributed by atoms with Crippen molar-refractivity contribution in [3.63, 3.8) is 0 Å². The fraction of sp³-hybridized carbons (Fsp3) is 0.579. The summed E-state index contributed by atoms with van der Waals surface area (Å²) < 4.78 is 10.3. The van der Waals surface area contributed by atoms with Gasteiger partial charge in [0.1, 0.15) is 12.3 Å². The van der Waals surface area contributed by atoms with Crippen molar-refractivity contribution in [1.82, 2.24) is 9.80 Å². The Hall–Kier alpha value is -2.12. The van der Waals surface area contributed by atoms with Gasteiger partial charge in [0.15, 0.2) is 0 Å². The highest BCUT2D eigenvalue weighted by molar-refractivity contribution is 5.98. The first-order chi connectivity index (χ1) is 12.6. The number of nitrogens with zero attached hydrogens (tertiary/aromatic N) is 3. The van der Waals surface area contributed by atoms with E-state index in [1.807, 2.05) is 24.3 Å². The lowest BCUT2D eigenvalue weighted by Gasteiger charge is -2.35. The molecule has 2 saturated heterocycles. The summed E-state index contributed by atoms with van der Waals surface area (Å²) in [6, 6.07) is 7.43. The number of hydrogen-bond donors (Lipinski definition) is 0. The standard InChI is InChI=1S/C19H27N3O4/c1-25-12-11-20-8-7-15(13-20)19(24)21-9-10-22(18(23)14-21)16-3-5-17(26-2)6-4-16/h3-6,15H,7-14H2,1-2H3. The van der Waals surface area contributed by atoms with Gasteiger partial charge in [-0.05, 0) is 37.2 Å². The number of rotatable bonds is 6. The second-order valence-corrected chi connectivity index (χ2v) is 6.78. The number of amides is 2. The molecule has 2 aliphatic heterocycles. The topological polar surface area (TPSA) is 62.3 Å². The van der Waals surface area contributed by atoms with E-state index in [4.69, 9.17) is 9.47 Å². The van der Waals surface area contributed by atoms with Gasteiger partial charge in [0.2, 0.25) is 11.8 Å². The molecule has 2 heterocycles. The molecule has 0 aromatic heterocycles. The van der Waals surface area contributed by atoms with Crippen molar-refractivity contribution in [2.24, 2.45) is 5.92 Å². The van der Waals surface area contributed by atoms with Crippen LogP contribution < -0.4 is 9.64 Å². The fourth-order valence-corrected chi connectivity index (χ4v) is 3.61. The minimum absolute atomic E-state index is 0.00723. The molecule has 7 heteroatoms. The van der Waals surface area contributed by atoms with E-state index < -0.39 is 0 Å². The molecule has 0 radical (unpaired) electrons. The molecule has 0 spiro atoms. The number of hydrogen-bond acceptors (Lipinski definition) is 5. The van der Waals surface area contributed by atoms with E-state index in [2.05, 4.69) is 4.90 Å². The van der Waals surface area contributed by atoms with E-state index in [9.17, 15) is 9.59 Å². The van der Waals surface area contributed by atoms with Crippen molar-refractivity contribution in [1.29, 1.82) is 0 Å². The summed E-state index contributed by atoms with van der Waals surface area (Å²) in [7, 11) is 3.30. The maximum Gasteiger partial charge on any atom is 0.246 e. The van der Waals surface area contributed by atoms with E-state index in [1.54, 1.807) is 24.0 Å². The summed E-state index contributed by atoms with van der Waals surface area (Å²) >= 11 is 0. The van der Waals surface area contributed by atoms with Crippen LogP contribution in [0.15, 0.2) is 24.3 Å². The summed E-state index contributed by atoms with van der Waals surface area (Å²) in [6.45, 7) is 4.46. The van der Waals surface area contributed by atoms with Crippen molar-refractivity contribution in [2.45, 2.75) is 6.42 Å². The number of likely N-dealkylation sites (tertiary alicyclic amines) is 1. The highest BCUT2D eigenvalue weighted by Gasteiger charge is 2.35. The van der Waals surface area contributed by atoms with Gasteiger partial charge in [0.05, 0.1) is 19.6 Å². The Morgan fingerprint density at radius 3 is 2.58 bits per heavy atom. The molecule has 0 saturated carbocycles. The van der Waals surface area contributed by atoms with Crippen molar-refractivity contribution in [2.75, 3.05) is 65.0 Å². The second kappa shape index (κ2) is 8.51. The summed E-state index contributed by atoms with van der Waals surface area (Å²) in [5.74, 6) is 0.818. The van der Waals surface area contributed by atoms with Gasteiger partial charge in [0, 0.05) is 39.0 Å². The van der Waals surface area contributed by atoms with Crippen LogP contribution in [-0.4, -0.2) is 81.7 Å². The van der Waals surface area contributed by atoms with E-state index >= 15 is 0 Å². The average molecular weight is 361 g/mol. The molecule has 0 aliphatic carbocycles. The first-order valence-electron chi connectivity index (χ1n) is 9.07. The van der Waals surface area contributed by atoms with E-state index in [0.717, 1.165) is 37.5 Å². The number of carbonyl (C=O) groups is 2. The van der Waals surface area contributed by atoms with Gasteiger partial charge in [-0.25, -0.2) is 0 Å². The smallest absolute Gasteiger partial charge is 0.246 e. The molecule has 1 unspecified atom stereocenters. The Bertz CT molecular complexity index is 634. The largest absolute Gasteiger partial charge is 0.497 e. The zero-order valence-electron chi connectivity index (χ0n) is 15.5. The maximum absolute atomic E-state index is 12.8. The monoisotopic (exact) mass is 361 g/mol. The van der Waals surface area contributed by atoms with Crippen LogP contribution in [0.5, 0.6) is 5.75 Å². The normalized spacial score (nSPS) is 21.3. The molecule has 2 fully saturated rings. The fourth-order valence-electron chi connectivity index (χ4n) is 3.61. The van der Waals surface area contributed by atoms with Crippen molar-refractivity contribution in [3.8, 4) is 5.75 Å². The van der Waals surface area contributed by atoms with Gasteiger partial charge in [-0.2, -0.15) is 0 Å². The van der Waals surface area contributed by atoms with E-state index in [-0.39, 0.29) is 24.3 Å². The molecule has 7 nitrogen and oxygen atoms in total. The Labute approximate surface area is 154 Å². The van der Waals surface area contributed by atoms with Crippen LogP contribution in [0.3, 0.4) is 0 Å². The number of anilines is 1. The Morgan fingerprint density at radius 1 is 1.15 bits per heavy atom. The van der Waals surface area contributed by atoms with Crippen LogP contribution in [-0.2, 0) is 14.3 Å². The van der Waals surface area contributed by atoms with Gasteiger partial charge in [-0.1, -0.05) is 0 Å². The van der Waals surface area contributed by atoms with Crippen molar-refractivity contribution < 1.29 is 19.1 Å². The predicted octanol–water partition coefficient (Wildman–Crippen LogP) is 0.839. The number of methoxy groups -OCH3 is 2. The van der Waals surface area contributed by atoms with Crippen LogP contribution in [0.25, 0.3) is 0 Å². The summed E-state index contributed by atoms with van der Waals surface area (Å²) in [5.41, 5.74) is 0.842. The zero-order valence-corrected chi connectivity index (χ0v) is 15.5. The van der Waals surface area contributed by atoms with Gasteiger partial charge >= 0.3 is 0 Å². The lowest BCUT2D eigenvalue weighted by molar-refractivity contribution is -0.140. The number of carbonyl (C=O) groups excluding carboxylic acids is 2. The predicted molar refractivity (Wildman–Crippen MR) is 98.4 cm³/mol. The molecule has 1 aromatic rings. The summed E-state index contributed by atoms with van der Waals surface area (Å²) in [4.78, 5) is 31.0. The zero-order chi connectivity index (χ0) is 18.5. The summed E-state index contributed by atoms with van der Waals surface area (Å²) in [6.07, 6.45) is 0.857. The number of benzene rings is 1. The third-order valence-corrected chi connectivity index (χ3v) is 5.15. The molecule has 1 atom stereocenters. The second-order valence-electron chi connectivity index (χ2n) is 6.78. The Kier molecular flexibility index (Phi) is 6.11. The van der Waals surface area contributed by atoms with Gasteiger partial charge in [-0.15, -0.1) is 0 Å². The van der Waals surface area contributed by atoms with Gasteiger partial charge in [-0.3, -0.25) is 9.59 Å². The molecule has 26 heavy (non-hydrogen) atoms. The van der Waals surface area contributed by atoms with Gasteiger partial charge in [0.25, 0.3) is 0 Å². The van der Waals surface area contributed by atoms with Crippen molar-refractivity contribution in [3.05, 3.63) is 24.3 Å². The highest BCUT2D eigenvalue weighted by atomic mass is 16.5. The SMILES string of the molecule is COCCN1CCC(C(=O)N2CCN(c3ccc(OC)cc3)C(=O)C2)C1. The van der Waals surface area contributed by atoms with Crippen LogP contribution in [0.2, 0.25) is 0 Å². The highest BCUT2D eigenvalue weighted by Crippen LogP contribution is 2.23. The van der Waals surface area contributed by atoms with Crippen LogP contribution >= 0.6 is 0 Å². The quantitative estimate of drug-likeness (QED) is 0.751. The lowest BCUT2D eigenvalue weighted by Crippen LogP contribution is -2.54. The van der Waals surface area contributed by atoms with Crippen LogP contribution in [0.1, 0.15) is 6.42 Å². The first kappa shape index (κ1) is 18.7. The molecular weight excluding hydrogens is 334 g/mol. The third kappa shape index (κ3) is 4.16. The average Bonchev–Trinajstić information content (AvgIpc) is 3.15. The minimum Gasteiger partial charge on any atom is -0.497 e. The van der Waals surface area contributed by atoms with Crippen molar-refractivity contribution >= 4 is 17.5 Å². The van der Waals surface area contributed by atoms with Gasteiger partial charge < -0.3 is 24.2 Å². The molecule has 3 rings (SSSR count). The number of ether oxygens (including phenoxy) is 2. The maximum atomic E-state index is 12.8. The first-order valence-corrected chi connectivity index (χ1v) is 9.07. The van der Waals surface area contributed by atoms with Crippen LogP contribution in [0, 0.1) is 5.92 Å². The molecular formula is C19H27N3O4. The van der Waals surface area contributed by atoms with E-state index in [1.165, 1.54) is 0 Å². The Morgan fingerprint density at radius 2 is 1.92 bits per heavy atom. The van der Waals surface area contributed by atoms with Crippen LogP contribution in [0.4, 0.5) is 5.69 Å². The third-order valence-electron chi connectivity index (χ3n) is 5.15. The molecule has 0 N–H and O–H groups in total. The molecule has 2 aliphatic rings. The number of piperazine rings is 1. The minimum atomic E-state index is -0.0380. The Balaban J connectivity index is 1.54. The van der Waals surface area contributed by atoms with E-state index in [0.29, 0.717) is 19.7 Å². The molecule has 0 bridgehead atoms. The summed E-state index contributed by atoms with van der Waals surface area (Å²) in [5, 5.41) is 0. The molecule has 2 amide bonds.